The van der Waals surface area contributed by atoms with Crippen LogP contribution < -0.4 is 5.32 Å². The summed E-state index contributed by atoms with van der Waals surface area (Å²) in [6.07, 6.45) is 5.24. The van der Waals surface area contributed by atoms with Crippen molar-refractivity contribution in [3.63, 3.8) is 0 Å². The summed E-state index contributed by atoms with van der Waals surface area (Å²) in [6.45, 7) is 0.838. The Hall–Kier alpha value is -2.02. The second-order valence-electron chi connectivity index (χ2n) is 4.60. The molecule has 0 unspecified atom stereocenters. The topological polar surface area (TPSA) is 68.5 Å². The predicted molar refractivity (Wildman–Crippen MR) is 73.2 cm³/mol. The van der Waals surface area contributed by atoms with Crippen molar-refractivity contribution in [2.75, 3.05) is 5.32 Å². The van der Waals surface area contributed by atoms with E-state index in [1.54, 1.807) is 24.0 Å². The van der Waals surface area contributed by atoms with Crippen LogP contribution in [0.25, 0.3) is 10.2 Å². The number of hydrogen-bond donors (Lipinski definition) is 1. The second kappa shape index (κ2) is 4.27. The number of thiophene rings is 1. The van der Waals surface area contributed by atoms with Gasteiger partial charge in [-0.3, -0.25) is 0 Å². The van der Waals surface area contributed by atoms with Crippen LogP contribution in [-0.4, -0.2) is 30.8 Å². The van der Waals surface area contributed by atoms with Crippen LogP contribution in [0, 0.1) is 0 Å². The smallest absolute Gasteiger partial charge is 0.138 e. The van der Waals surface area contributed by atoms with Gasteiger partial charge in [-0.05, 0) is 17.9 Å². The molecule has 7 heteroatoms. The summed E-state index contributed by atoms with van der Waals surface area (Å²) in [5.74, 6) is 1.99. The average Bonchev–Trinajstić information content (AvgIpc) is 3.06. The molecule has 0 bridgehead atoms. The van der Waals surface area contributed by atoms with Crippen molar-refractivity contribution in [3.8, 4) is 0 Å². The van der Waals surface area contributed by atoms with E-state index in [1.165, 1.54) is 0 Å². The molecule has 3 aromatic rings. The molecule has 3 aromatic heterocycles. The molecule has 4 rings (SSSR count). The first-order valence-corrected chi connectivity index (χ1v) is 7.09. The molecule has 1 atom stereocenters. The number of anilines is 1. The van der Waals surface area contributed by atoms with E-state index in [1.807, 2.05) is 10.1 Å². The summed E-state index contributed by atoms with van der Waals surface area (Å²) >= 11 is 1.63. The number of nitrogens with one attached hydrogen (secondary N) is 1. The molecule has 1 aliphatic rings. The Morgan fingerprint density at radius 2 is 2.26 bits per heavy atom. The molecule has 0 radical (unpaired) electrons. The SMILES string of the molecule is c1nc(N[C@H]2CCc3ncnn3C2)c2ccsc2n1. The fourth-order valence-electron chi connectivity index (χ4n) is 2.45. The lowest BCUT2D eigenvalue weighted by Gasteiger charge is -2.24. The van der Waals surface area contributed by atoms with E-state index < -0.39 is 0 Å². The normalized spacial score (nSPS) is 18.4. The summed E-state index contributed by atoms with van der Waals surface area (Å²) in [6, 6.07) is 2.40. The minimum Gasteiger partial charge on any atom is -0.365 e. The van der Waals surface area contributed by atoms with Gasteiger partial charge in [0.05, 0.1) is 11.9 Å². The van der Waals surface area contributed by atoms with E-state index in [2.05, 4.69) is 31.4 Å². The Kier molecular flexibility index (Phi) is 2.44. The Morgan fingerprint density at radius 3 is 3.26 bits per heavy atom. The van der Waals surface area contributed by atoms with E-state index in [0.717, 1.165) is 41.2 Å². The predicted octanol–water partition coefficient (Wildman–Crippen LogP) is 1.71. The van der Waals surface area contributed by atoms with E-state index in [4.69, 9.17) is 0 Å². The zero-order valence-corrected chi connectivity index (χ0v) is 11.0. The summed E-state index contributed by atoms with van der Waals surface area (Å²) < 4.78 is 1.97. The Labute approximate surface area is 113 Å². The highest BCUT2D eigenvalue weighted by Gasteiger charge is 2.20. The first-order chi connectivity index (χ1) is 9.40. The van der Waals surface area contributed by atoms with Gasteiger partial charge in [-0.25, -0.2) is 19.6 Å². The number of hydrogen-bond acceptors (Lipinski definition) is 6. The standard InChI is InChI=1S/C12H12N6S/c1-2-10-13-7-16-18(10)5-8(1)17-11-9-3-4-19-12(9)15-6-14-11/h3-4,6-8H,1-2,5H2,(H,14,15,17)/t8-/m0/s1. The van der Waals surface area contributed by atoms with Crippen LogP contribution in [-0.2, 0) is 13.0 Å². The van der Waals surface area contributed by atoms with E-state index >= 15 is 0 Å². The van der Waals surface area contributed by atoms with Gasteiger partial charge in [0, 0.05) is 12.5 Å². The lowest BCUT2D eigenvalue weighted by molar-refractivity contribution is 0.441. The molecule has 0 aromatic carbocycles. The van der Waals surface area contributed by atoms with Crippen molar-refractivity contribution >= 4 is 27.4 Å². The summed E-state index contributed by atoms with van der Waals surface area (Å²) in [4.78, 5) is 13.9. The van der Waals surface area contributed by atoms with Crippen molar-refractivity contribution in [2.45, 2.75) is 25.4 Å². The van der Waals surface area contributed by atoms with Crippen molar-refractivity contribution in [2.24, 2.45) is 0 Å². The van der Waals surface area contributed by atoms with Crippen LogP contribution in [0.2, 0.25) is 0 Å². The van der Waals surface area contributed by atoms with Gasteiger partial charge < -0.3 is 5.32 Å². The van der Waals surface area contributed by atoms with Crippen molar-refractivity contribution < 1.29 is 0 Å². The third kappa shape index (κ3) is 1.86. The molecular formula is C12H12N6S. The van der Waals surface area contributed by atoms with Gasteiger partial charge >= 0.3 is 0 Å². The maximum absolute atomic E-state index is 4.36. The third-order valence-electron chi connectivity index (χ3n) is 3.41. The Balaban J connectivity index is 1.61. The van der Waals surface area contributed by atoms with Gasteiger partial charge in [0.1, 0.15) is 29.1 Å². The van der Waals surface area contributed by atoms with Crippen LogP contribution in [0.4, 0.5) is 5.82 Å². The summed E-state index contributed by atoms with van der Waals surface area (Å²) in [7, 11) is 0. The van der Waals surface area contributed by atoms with E-state index in [0.29, 0.717) is 6.04 Å². The molecule has 0 aliphatic carbocycles. The van der Waals surface area contributed by atoms with Gasteiger partial charge in [-0.15, -0.1) is 11.3 Å². The summed E-state index contributed by atoms with van der Waals surface area (Å²) in [5, 5.41) is 10.9. The average molecular weight is 272 g/mol. The zero-order chi connectivity index (χ0) is 12.7. The van der Waals surface area contributed by atoms with Crippen LogP contribution in [0.1, 0.15) is 12.2 Å². The molecule has 96 valence electrons. The number of rotatable bonds is 2. The van der Waals surface area contributed by atoms with Crippen LogP contribution in [0.3, 0.4) is 0 Å². The van der Waals surface area contributed by atoms with Gasteiger partial charge in [0.25, 0.3) is 0 Å². The Morgan fingerprint density at radius 1 is 1.26 bits per heavy atom. The first-order valence-electron chi connectivity index (χ1n) is 6.21. The zero-order valence-electron chi connectivity index (χ0n) is 10.2. The van der Waals surface area contributed by atoms with Gasteiger partial charge in [-0.2, -0.15) is 5.10 Å². The molecule has 0 spiro atoms. The maximum Gasteiger partial charge on any atom is 0.138 e. The highest BCUT2D eigenvalue weighted by Crippen LogP contribution is 2.25. The maximum atomic E-state index is 4.36. The highest BCUT2D eigenvalue weighted by molar-refractivity contribution is 7.16. The van der Waals surface area contributed by atoms with E-state index in [9.17, 15) is 0 Å². The van der Waals surface area contributed by atoms with Crippen molar-refractivity contribution in [3.05, 3.63) is 29.9 Å². The molecule has 1 aliphatic heterocycles. The fourth-order valence-corrected chi connectivity index (χ4v) is 3.19. The lowest BCUT2D eigenvalue weighted by Crippen LogP contribution is -2.32. The number of aromatic nitrogens is 5. The molecule has 1 N–H and O–H groups in total. The highest BCUT2D eigenvalue weighted by atomic mass is 32.1. The van der Waals surface area contributed by atoms with E-state index in [-0.39, 0.29) is 0 Å². The molecule has 0 saturated heterocycles. The largest absolute Gasteiger partial charge is 0.365 e. The van der Waals surface area contributed by atoms with Crippen LogP contribution in [0.15, 0.2) is 24.1 Å². The quantitative estimate of drug-likeness (QED) is 0.769. The molecule has 0 amide bonds. The Bertz CT molecular complexity index is 718. The number of nitrogens with zero attached hydrogens (tertiary/aromatic N) is 5. The second-order valence-corrected chi connectivity index (χ2v) is 5.49. The fraction of sp³-hybridized carbons (Fsp3) is 0.333. The van der Waals surface area contributed by atoms with Crippen LogP contribution in [0.5, 0.6) is 0 Å². The van der Waals surface area contributed by atoms with Gasteiger partial charge in [0.2, 0.25) is 0 Å². The van der Waals surface area contributed by atoms with Crippen molar-refractivity contribution in [1.82, 2.24) is 24.7 Å². The first kappa shape index (κ1) is 10.9. The third-order valence-corrected chi connectivity index (χ3v) is 4.23. The molecule has 4 heterocycles. The molecule has 6 nitrogen and oxygen atoms in total. The monoisotopic (exact) mass is 272 g/mol. The number of aryl methyl sites for hydroxylation is 1. The summed E-state index contributed by atoms with van der Waals surface area (Å²) in [5.41, 5.74) is 0. The van der Waals surface area contributed by atoms with Crippen molar-refractivity contribution in [1.29, 1.82) is 0 Å². The van der Waals surface area contributed by atoms with Gasteiger partial charge in [-0.1, -0.05) is 0 Å². The molecule has 0 fully saturated rings. The minimum atomic E-state index is 0.340. The minimum absolute atomic E-state index is 0.340. The number of fused-ring (bicyclic) bond motifs is 2. The molecule has 0 saturated carbocycles. The van der Waals surface area contributed by atoms with Crippen LogP contribution >= 0.6 is 11.3 Å². The molecule has 19 heavy (non-hydrogen) atoms. The van der Waals surface area contributed by atoms with Gasteiger partial charge in [0.15, 0.2) is 0 Å². The molecular weight excluding hydrogens is 260 g/mol. The lowest BCUT2D eigenvalue weighted by atomic mass is 10.1.